The lowest BCUT2D eigenvalue weighted by molar-refractivity contribution is -0.146. The van der Waals surface area contributed by atoms with E-state index in [1.807, 2.05) is 24.3 Å². The number of hydrogen-bond donors (Lipinski definition) is 2. The standard InChI is InChI=1S/C15H21NO4/c1-15(2,14(18)19)16-13(17)9-5-7-11-6-4-8-12(10-11)20-3/h4,6,8,10H,5,7,9H2,1-3H3,(H,16,17)(H,18,19). The number of aryl methyl sites for hydroxylation is 1. The van der Waals surface area contributed by atoms with Crippen LogP contribution in [0.2, 0.25) is 0 Å². The third kappa shape index (κ3) is 4.91. The maximum atomic E-state index is 11.7. The quantitative estimate of drug-likeness (QED) is 0.800. The highest BCUT2D eigenvalue weighted by molar-refractivity contribution is 5.86. The van der Waals surface area contributed by atoms with Crippen LogP contribution >= 0.6 is 0 Å². The number of amides is 1. The average molecular weight is 279 g/mol. The molecule has 0 aromatic heterocycles. The molecule has 0 saturated heterocycles. The second kappa shape index (κ2) is 6.93. The first-order valence-corrected chi connectivity index (χ1v) is 6.52. The summed E-state index contributed by atoms with van der Waals surface area (Å²) >= 11 is 0. The van der Waals surface area contributed by atoms with Crippen molar-refractivity contribution in [2.75, 3.05) is 7.11 Å². The first-order valence-electron chi connectivity index (χ1n) is 6.52. The van der Waals surface area contributed by atoms with Gasteiger partial charge in [-0.1, -0.05) is 12.1 Å². The molecule has 0 fully saturated rings. The van der Waals surface area contributed by atoms with Gasteiger partial charge in [0.2, 0.25) is 5.91 Å². The molecule has 110 valence electrons. The van der Waals surface area contributed by atoms with Crippen LogP contribution in [0.25, 0.3) is 0 Å². The molecule has 1 aromatic rings. The minimum Gasteiger partial charge on any atom is -0.497 e. The summed E-state index contributed by atoms with van der Waals surface area (Å²) in [5.41, 5.74) is -0.137. The molecule has 5 nitrogen and oxygen atoms in total. The van der Waals surface area contributed by atoms with Crippen LogP contribution in [0.5, 0.6) is 5.75 Å². The molecule has 1 amide bonds. The Morgan fingerprint density at radius 2 is 2.05 bits per heavy atom. The maximum Gasteiger partial charge on any atom is 0.328 e. The first kappa shape index (κ1) is 16.0. The zero-order valence-electron chi connectivity index (χ0n) is 12.1. The van der Waals surface area contributed by atoms with Gasteiger partial charge in [0.1, 0.15) is 11.3 Å². The highest BCUT2D eigenvalue weighted by atomic mass is 16.5. The Bertz CT molecular complexity index is 483. The number of benzene rings is 1. The summed E-state index contributed by atoms with van der Waals surface area (Å²) < 4.78 is 5.13. The van der Waals surface area contributed by atoms with Gasteiger partial charge in [-0.15, -0.1) is 0 Å². The first-order chi connectivity index (χ1) is 9.35. The van der Waals surface area contributed by atoms with Crippen LogP contribution < -0.4 is 10.1 Å². The van der Waals surface area contributed by atoms with Crippen molar-refractivity contribution in [2.45, 2.75) is 38.6 Å². The maximum absolute atomic E-state index is 11.7. The van der Waals surface area contributed by atoms with Gasteiger partial charge in [-0.25, -0.2) is 4.79 Å². The second-order valence-electron chi connectivity index (χ2n) is 5.18. The number of ether oxygens (including phenoxy) is 1. The number of rotatable bonds is 7. The van der Waals surface area contributed by atoms with Gasteiger partial charge >= 0.3 is 5.97 Å². The van der Waals surface area contributed by atoms with Gasteiger partial charge in [-0.05, 0) is 44.4 Å². The predicted molar refractivity (Wildman–Crippen MR) is 75.8 cm³/mol. The average Bonchev–Trinajstić information content (AvgIpc) is 2.38. The van der Waals surface area contributed by atoms with E-state index in [-0.39, 0.29) is 5.91 Å². The van der Waals surface area contributed by atoms with Crippen molar-refractivity contribution in [3.8, 4) is 5.75 Å². The molecule has 20 heavy (non-hydrogen) atoms. The molecule has 0 saturated carbocycles. The lowest BCUT2D eigenvalue weighted by atomic mass is 10.0. The Labute approximate surface area is 118 Å². The molecule has 0 radical (unpaired) electrons. The highest BCUT2D eigenvalue weighted by Crippen LogP contribution is 2.14. The van der Waals surface area contributed by atoms with E-state index in [9.17, 15) is 9.59 Å². The summed E-state index contributed by atoms with van der Waals surface area (Å²) in [6.45, 7) is 2.94. The molecule has 2 N–H and O–H groups in total. The Balaban J connectivity index is 2.40. The third-order valence-electron chi connectivity index (χ3n) is 2.99. The number of aliphatic carboxylic acids is 1. The smallest absolute Gasteiger partial charge is 0.328 e. The molecule has 0 heterocycles. The van der Waals surface area contributed by atoms with Gasteiger partial charge < -0.3 is 15.2 Å². The van der Waals surface area contributed by atoms with Crippen molar-refractivity contribution < 1.29 is 19.4 Å². The topological polar surface area (TPSA) is 75.6 Å². The lowest BCUT2D eigenvalue weighted by Gasteiger charge is -2.20. The lowest BCUT2D eigenvalue weighted by Crippen LogP contribution is -2.49. The number of carboxylic acids is 1. The second-order valence-corrected chi connectivity index (χ2v) is 5.18. The van der Waals surface area contributed by atoms with Gasteiger partial charge in [0.05, 0.1) is 7.11 Å². The SMILES string of the molecule is COc1cccc(CCCC(=O)NC(C)(C)C(=O)O)c1. The van der Waals surface area contributed by atoms with Crippen molar-refractivity contribution in [1.29, 1.82) is 0 Å². The van der Waals surface area contributed by atoms with E-state index >= 15 is 0 Å². The molecule has 0 aliphatic carbocycles. The van der Waals surface area contributed by atoms with Crippen LogP contribution in [0.4, 0.5) is 0 Å². The third-order valence-corrected chi connectivity index (χ3v) is 2.99. The van der Waals surface area contributed by atoms with E-state index in [1.54, 1.807) is 7.11 Å². The van der Waals surface area contributed by atoms with Crippen molar-refractivity contribution in [1.82, 2.24) is 5.32 Å². The van der Waals surface area contributed by atoms with E-state index in [1.165, 1.54) is 13.8 Å². The normalized spacial score (nSPS) is 10.9. The van der Waals surface area contributed by atoms with Gasteiger partial charge in [-0.3, -0.25) is 4.79 Å². The van der Waals surface area contributed by atoms with E-state index in [2.05, 4.69) is 5.32 Å². The Kier molecular flexibility index (Phi) is 5.55. The van der Waals surface area contributed by atoms with Crippen molar-refractivity contribution >= 4 is 11.9 Å². The minimum atomic E-state index is -1.23. The van der Waals surface area contributed by atoms with Crippen LogP contribution in [-0.2, 0) is 16.0 Å². The largest absolute Gasteiger partial charge is 0.497 e. The van der Waals surface area contributed by atoms with Crippen LogP contribution in [0.1, 0.15) is 32.3 Å². The fraction of sp³-hybridized carbons (Fsp3) is 0.467. The molecular weight excluding hydrogens is 258 g/mol. The fourth-order valence-corrected chi connectivity index (χ4v) is 1.75. The molecule has 0 aliphatic rings. The van der Waals surface area contributed by atoms with Gasteiger partial charge in [0.25, 0.3) is 0 Å². The summed E-state index contributed by atoms with van der Waals surface area (Å²) in [5, 5.41) is 11.4. The van der Waals surface area contributed by atoms with Crippen LogP contribution in [-0.4, -0.2) is 29.6 Å². The van der Waals surface area contributed by atoms with Gasteiger partial charge in [-0.2, -0.15) is 0 Å². The zero-order chi connectivity index (χ0) is 15.2. The van der Waals surface area contributed by atoms with Crippen LogP contribution in [0, 0.1) is 0 Å². The molecule has 5 heteroatoms. The monoisotopic (exact) mass is 279 g/mol. The van der Waals surface area contributed by atoms with Gasteiger partial charge in [0, 0.05) is 6.42 Å². The molecule has 0 atom stereocenters. The zero-order valence-corrected chi connectivity index (χ0v) is 12.1. The number of methoxy groups -OCH3 is 1. The van der Waals surface area contributed by atoms with Gasteiger partial charge in [0.15, 0.2) is 0 Å². The van der Waals surface area contributed by atoms with Crippen molar-refractivity contribution in [3.05, 3.63) is 29.8 Å². The van der Waals surface area contributed by atoms with Crippen LogP contribution in [0.15, 0.2) is 24.3 Å². The number of hydrogen-bond acceptors (Lipinski definition) is 3. The number of carbonyl (C=O) groups excluding carboxylic acids is 1. The molecule has 0 spiro atoms. The summed E-state index contributed by atoms with van der Waals surface area (Å²) in [6, 6.07) is 7.67. The Morgan fingerprint density at radius 3 is 2.65 bits per heavy atom. The van der Waals surface area contributed by atoms with Crippen molar-refractivity contribution in [2.24, 2.45) is 0 Å². The van der Waals surface area contributed by atoms with E-state index in [4.69, 9.17) is 9.84 Å². The number of carboxylic acid groups (broad SMARTS) is 1. The summed E-state index contributed by atoms with van der Waals surface area (Å²) in [5.74, 6) is -0.502. The number of nitrogens with one attached hydrogen (secondary N) is 1. The minimum absolute atomic E-state index is 0.250. The molecule has 0 unspecified atom stereocenters. The summed E-state index contributed by atoms with van der Waals surface area (Å²) in [7, 11) is 1.61. The Morgan fingerprint density at radius 1 is 1.35 bits per heavy atom. The van der Waals surface area contributed by atoms with Crippen LogP contribution in [0.3, 0.4) is 0 Å². The van der Waals surface area contributed by atoms with Crippen molar-refractivity contribution in [3.63, 3.8) is 0 Å². The molecular formula is C15H21NO4. The number of carbonyl (C=O) groups is 2. The van der Waals surface area contributed by atoms with E-state index in [0.717, 1.165) is 17.7 Å². The Hall–Kier alpha value is -2.04. The summed E-state index contributed by atoms with van der Waals surface area (Å²) in [4.78, 5) is 22.6. The van der Waals surface area contributed by atoms with E-state index in [0.29, 0.717) is 12.8 Å². The molecule has 1 rings (SSSR count). The highest BCUT2D eigenvalue weighted by Gasteiger charge is 2.28. The molecule has 1 aromatic carbocycles. The molecule has 0 aliphatic heterocycles. The summed E-state index contributed by atoms with van der Waals surface area (Å²) in [6.07, 6.45) is 1.71. The van der Waals surface area contributed by atoms with E-state index < -0.39 is 11.5 Å². The predicted octanol–water partition coefficient (Wildman–Crippen LogP) is 2.00. The molecule has 0 bridgehead atoms. The fourth-order valence-electron chi connectivity index (χ4n) is 1.75.